The lowest BCUT2D eigenvalue weighted by molar-refractivity contribution is -0.155. The average Bonchev–Trinajstić information content (AvgIpc) is 2.35. The third kappa shape index (κ3) is 2.31. The minimum atomic E-state index is -0.586. The smallest absolute Gasteiger partial charge is 0.341 e. The van der Waals surface area contributed by atoms with Crippen molar-refractivity contribution in [3.05, 3.63) is 0 Å². The number of carbonyl (C=O) groups excluding carboxylic acids is 1. The van der Waals surface area contributed by atoms with Crippen molar-refractivity contribution in [1.29, 1.82) is 0 Å². The molecule has 11 heavy (non-hydrogen) atoms. The van der Waals surface area contributed by atoms with E-state index in [0.717, 1.165) is 0 Å². The van der Waals surface area contributed by atoms with Crippen molar-refractivity contribution >= 4 is 12.2 Å². The van der Waals surface area contributed by atoms with E-state index in [1.165, 1.54) is 6.21 Å². The molecule has 4 nitrogen and oxygen atoms in total. The van der Waals surface area contributed by atoms with E-state index < -0.39 is 6.10 Å². The van der Waals surface area contributed by atoms with Crippen molar-refractivity contribution in [2.24, 2.45) is 4.99 Å². The monoisotopic (exact) mass is 157 g/mol. The molecule has 0 aromatic rings. The maximum atomic E-state index is 11.0. The molecule has 0 aliphatic carbocycles. The van der Waals surface area contributed by atoms with Crippen LogP contribution in [0.2, 0.25) is 0 Å². The number of hydrogen-bond acceptors (Lipinski definition) is 4. The van der Waals surface area contributed by atoms with Gasteiger partial charge in [0.05, 0.1) is 6.10 Å². The van der Waals surface area contributed by atoms with Crippen LogP contribution in [0.25, 0.3) is 0 Å². The molecule has 1 atom stereocenters. The molecule has 4 heteroatoms. The standard InChI is InChI=1S/C7H11NO3/c1-5(2)11-7(9)6-3-8-4-10-6/h3,5-6H,4H2,1-2H3. The van der Waals surface area contributed by atoms with Gasteiger partial charge in [-0.2, -0.15) is 0 Å². The minimum absolute atomic E-state index is 0.0971. The van der Waals surface area contributed by atoms with Crippen LogP contribution in [0.1, 0.15) is 13.8 Å². The summed E-state index contributed by atoms with van der Waals surface area (Å²) >= 11 is 0. The van der Waals surface area contributed by atoms with Gasteiger partial charge in [-0.25, -0.2) is 4.79 Å². The number of rotatable bonds is 2. The second kappa shape index (κ2) is 3.48. The Morgan fingerprint density at radius 3 is 3.00 bits per heavy atom. The summed E-state index contributed by atoms with van der Waals surface area (Å²) in [4.78, 5) is 14.8. The first-order chi connectivity index (χ1) is 5.20. The normalized spacial score (nSPS) is 22.6. The van der Waals surface area contributed by atoms with Gasteiger partial charge in [-0.05, 0) is 13.8 Å². The number of nitrogens with zero attached hydrogens (tertiary/aromatic N) is 1. The lowest BCUT2D eigenvalue weighted by atomic mass is 10.4. The molecular weight excluding hydrogens is 146 g/mol. The summed E-state index contributed by atoms with van der Waals surface area (Å²) in [5, 5.41) is 0. The zero-order chi connectivity index (χ0) is 8.27. The third-order valence-electron chi connectivity index (χ3n) is 1.15. The number of ether oxygens (including phenoxy) is 2. The zero-order valence-corrected chi connectivity index (χ0v) is 6.61. The van der Waals surface area contributed by atoms with Gasteiger partial charge in [-0.15, -0.1) is 0 Å². The quantitative estimate of drug-likeness (QED) is 0.544. The largest absolute Gasteiger partial charge is 0.461 e. The molecule has 1 rings (SSSR count). The number of carbonyl (C=O) groups is 1. The van der Waals surface area contributed by atoms with E-state index in [2.05, 4.69) is 4.99 Å². The Morgan fingerprint density at radius 2 is 2.55 bits per heavy atom. The number of hydrogen-bond donors (Lipinski definition) is 0. The lowest BCUT2D eigenvalue weighted by Crippen LogP contribution is -2.27. The highest BCUT2D eigenvalue weighted by atomic mass is 16.6. The molecule has 62 valence electrons. The van der Waals surface area contributed by atoms with Gasteiger partial charge >= 0.3 is 5.97 Å². The highest BCUT2D eigenvalue weighted by Crippen LogP contribution is 2.01. The van der Waals surface area contributed by atoms with Crippen molar-refractivity contribution in [2.45, 2.75) is 26.1 Å². The Labute approximate surface area is 65.2 Å². The van der Waals surface area contributed by atoms with Crippen LogP contribution in [0.5, 0.6) is 0 Å². The van der Waals surface area contributed by atoms with Gasteiger partial charge in [0.2, 0.25) is 0 Å². The molecular formula is C7H11NO3. The Bertz CT molecular complexity index is 177. The Hall–Kier alpha value is -0.900. The molecule has 0 radical (unpaired) electrons. The van der Waals surface area contributed by atoms with Gasteiger partial charge in [0.25, 0.3) is 0 Å². The highest BCUT2D eigenvalue weighted by Gasteiger charge is 2.22. The van der Waals surface area contributed by atoms with Gasteiger partial charge < -0.3 is 9.47 Å². The van der Waals surface area contributed by atoms with E-state index in [1.807, 2.05) is 0 Å². The second-order valence-corrected chi connectivity index (χ2v) is 2.53. The van der Waals surface area contributed by atoms with Crippen molar-refractivity contribution in [3.8, 4) is 0 Å². The topological polar surface area (TPSA) is 47.9 Å². The third-order valence-corrected chi connectivity index (χ3v) is 1.15. The fourth-order valence-electron chi connectivity index (χ4n) is 0.733. The first kappa shape index (κ1) is 8.20. The summed E-state index contributed by atoms with van der Waals surface area (Å²) in [6.45, 7) is 3.85. The Morgan fingerprint density at radius 1 is 1.82 bits per heavy atom. The number of aliphatic imine (C=N–C) groups is 1. The molecule has 0 N–H and O–H groups in total. The molecule has 0 fully saturated rings. The van der Waals surface area contributed by atoms with Crippen LogP contribution in [0.3, 0.4) is 0 Å². The van der Waals surface area contributed by atoms with Crippen LogP contribution in [0.4, 0.5) is 0 Å². The van der Waals surface area contributed by atoms with Crippen LogP contribution in [0.15, 0.2) is 4.99 Å². The van der Waals surface area contributed by atoms with E-state index in [1.54, 1.807) is 13.8 Å². The van der Waals surface area contributed by atoms with Gasteiger partial charge in [-0.1, -0.05) is 0 Å². The fourth-order valence-corrected chi connectivity index (χ4v) is 0.733. The molecule has 0 bridgehead atoms. The molecule has 0 saturated heterocycles. The van der Waals surface area contributed by atoms with Crippen molar-refractivity contribution in [3.63, 3.8) is 0 Å². The lowest BCUT2D eigenvalue weighted by Gasteiger charge is -2.10. The van der Waals surface area contributed by atoms with E-state index in [-0.39, 0.29) is 18.8 Å². The molecule has 1 aliphatic heterocycles. The maximum Gasteiger partial charge on any atom is 0.341 e. The molecule has 1 aliphatic rings. The van der Waals surface area contributed by atoms with Crippen LogP contribution in [-0.4, -0.2) is 31.1 Å². The molecule has 0 saturated carbocycles. The molecule has 0 aromatic heterocycles. The summed E-state index contributed by atoms with van der Waals surface area (Å²) in [6, 6.07) is 0. The fraction of sp³-hybridized carbons (Fsp3) is 0.714. The van der Waals surface area contributed by atoms with Crippen LogP contribution < -0.4 is 0 Å². The summed E-state index contributed by atoms with van der Waals surface area (Å²) in [5.41, 5.74) is 0. The zero-order valence-electron chi connectivity index (χ0n) is 6.61. The molecule has 0 spiro atoms. The van der Waals surface area contributed by atoms with Crippen molar-refractivity contribution in [2.75, 3.05) is 6.73 Å². The summed E-state index contributed by atoms with van der Waals surface area (Å²) < 4.78 is 9.80. The summed E-state index contributed by atoms with van der Waals surface area (Å²) in [6.07, 6.45) is 0.780. The molecule has 0 amide bonds. The van der Waals surface area contributed by atoms with Crippen LogP contribution in [0, 0.1) is 0 Å². The number of esters is 1. The van der Waals surface area contributed by atoms with Gasteiger partial charge in [-0.3, -0.25) is 4.99 Å². The van der Waals surface area contributed by atoms with Crippen molar-refractivity contribution < 1.29 is 14.3 Å². The maximum absolute atomic E-state index is 11.0. The highest BCUT2D eigenvalue weighted by molar-refractivity contribution is 5.93. The average molecular weight is 157 g/mol. The summed E-state index contributed by atoms with van der Waals surface area (Å²) in [5.74, 6) is -0.360. The first-order valence-electron chi connectivity index (χ1n) is 3.52. The van der Waals surface area contributed by atoms with E-state index in [0.29, 0.717) is 0 Å². The SMILES string of the molecule is CC(C)OC(=O)C1C=NCO1. The predicted molar refractivity (Wildman–Crippen MR) is 39.5 cm³/mol. The van der Waals surface area contributed by atoms with Gasteiger partial charge in [0.15, 0.2) is 6.10 Å². The molecule has 0 aromatic carbocycles. The van der Waals surface area contributed by atoms with E-state index in [4.69, 9.17) is 9.47 Å². The van der Waals surface area contributed by atoms with Crippen LogP contribution >= 0.6 is 0 Å². The predicted octanol–water partition coefficient (Wildman–Crippen LogP) is 0.365. The molecule has 1 unspecified atom stereocenters. The van der Waals surface area contributed by atoms with Crippen LogP contribution in [-0.2, 0) is 14.3 Å². The van der Waals surface area contributed by atoms with Crippen molar-refractivity contribution in [1.82, 2.24) is 0 Å². The first-order valence-corrected chi connectivity index (χ1v) is 3.52. The van der Waals surface area contributed by atoms with Gasteiger partial charge in [0, 0.05) is 6.21 Å². The van der Waals surface area contributed by atoms with E-state index >= 15 is 0 Å². The van der Waals surface area contributed by atoms with Gasteiger partial charge in [0.1, 0.15) is 6.73 Å². The second-order valence-electron chi connectivity index (χ2n) is 2.53. The Balaban J connectivity index is 2.35. The van der Waals surface area contributed by atoms with E-state index in [9.17, 15) is 4.79 Å². The summed E-state index contributed by atoms with van der Waals surface area (Å²) in [7, 11) is 0. The minimum Gasteiger partial charge on any atom is -0.461 e. The molecule has 1 heterocycles. The Kier molecular flexibility index (Phi) is 2.59.